The van der Waals surface area contributed by atoms with Gasteiger partial charge in [0, 0.05) is 18.0 Å². The first-order valence-corrected chi connectivity index (χ1v) is 5.50. The van der Waals surface area contributed by atoms with Crippen molar-refractivity contribution < 1.29 is 14.6 Å². The lowest BCUT2D eigenvalue weighted by Gasteiger charge is -2.10. The van der Waals surface area contributed by atoms with Crippen LogP contribution < -0.4 is 15.8 Å². The summed E-state index contributed by atoms with van der Waals surface area (Å²) in [6.07, 6.45) is 1.47. The summed E-state index contributed by atoms with van der Waals surface area (Å²) in [5.74, 6) is -0.101. The van der Waals surface area contributed by atoms with E-state index in [9.17, 15) is 9.90 Å². The van der Waals surface area contributed by atoms with Gasteiger partial charge in [0.25, 0.3) is 5.91 Å². The second kappa shape index (κ2) is 5.26. The molecule has 0 aliphatic carbocycles. The van der Waals surface area contributed by atoms with E-state index in [0.717, 1.165) is 0 Å². The van der Waals surface area contributed by atoms with Gasteiger partial charge < -0.3 is 20.9 Å². The molecule has 0 fully saturated rings. The number of anilines is 2. The van der Waals surface area contributed by atoms with E-state index in [1.54, 1.807) is 24.3 Å². The molecule has 1 aromatic heterocycles. The van der Waals surface area contributed by atoms with Gasteiger partial charge in [0.1, 0.15) is 5.75 Å². The van der Waals surface area contributed by atoms with Crippen molar-refractivity contribution >= 4 is 17.4 Å². The van der Waals surface area contributed by atoms with E-state index < -0.39 is 5.91 Å². The van der Waals surface area contributed by atoms with Gasteiger partial charge in [-0.3, -0.25) is 4.79 Å². The van der Waals surface area contributed by atoms with Gasteiger partial charge in [0.15, 0.2) is 11.6 Å². The number of carbonyl (C=O) groups is 1. The molecule has 0 aliphatic heterocycles. The molecule has 1 amide bonds. The Balaban J connectivity index is 2.28. The molecule has 0 radical (unpaired) electrons. The summed E-state index contributed by atoms with van der Waals surface area (Å²) < 4.78 is 5.09. The van der Waals surface area contributed by atoms with Gasteiger partial charge in [-0.1, -0.05) is 0 Å². The van der Waals surface area contributed by atoms with Crippen molar-refractivity contribution in [1.29, 1.82) is 0 Å². The number of rotatable bonds is 3. The van der Waals surface area contributed by atoms with Gasteiger partial charge in [-0.05, 0) is 24.3 Å². The van der Waals surface area contributed by atoms with Gasteiger partial charge in [-0.2, -0.15) is 0 Å². The number of amides is 1. The fraction of sp³-hybridized carbons (Fsp3) is 0.0769. The molecule has 0 bridgehead atoms. The van der Waals surface area contributed by atoms with Crippen LogP contribution in [0.25, 0.3) is 0 Å². The molecule has 6 nitrogen and oxygen atoms in total. The Labute approximate surface area is 109 Å². The van der Waals surface area contributed by atoms with Crippen molar-refractivity contribution in [3.8, 4) is 11.5 Å². The van der Waals surface area contributed by atoms with Gasteiger partial charge in [-0.25, -0.2) is 4.98 Å². The number of aromatic hydroxyl groups is 1. The van der Waals surface area contributed by atoms with Crippen LogP contribution in [0.4, 0.5) is 11.5 Å². The zero-order chi connectivity index (χ0) is 13.8. The van der Waals surface area contributed by atoms with Gasteiger partial charge in [-0.15, -0.1) is 0 Å². The second-order valence-electron chi connectivity index (χ2n) is 3.78. The van der Waals surface area contributed by atoms with Crippen molar-refractivity contribution in [3.63, 3.8) is 0 Å². The number of pyridine rings is 1. The summed E-state index contributed by atoms with van der Waals surface area (Å²) in [5.41, 5.74) is 6.42. The average Bonchev–Trinajstić information content (AvgIpc) is 2.41. The highest BCUT2D eigenvalue weighted by Crippen LogP contribution is 2.24. The van der Waals surface area contributed by atoms with E-state index in [1.165, 1.54) is 19.4 Å². The predicted octanol–water partition coefficient (Wildman–Crippen LogP) is 1.63. The van der Waals surface area contributed by atoms with Gasteiger partial charge >= 0.3 is 0 Å². The molecule has 2 rings (SSSR count). The molecule has 0 spiro atoms. The number of ether oxygens (including phenoxy) is 1. The molecule has 0 atom stereocenters. The van der Waals surface area contributed by atoms with E-state index in [0.29, 0.717) is 17.0 Å². The SMILES string of the molecule is COc1cc(N)ccc1C(=O)Nc1ncccc1O. The second-order valence-corrected chi connectivity index (χ2v) is 3.78. The molecule has 6 heteroatoms. The van der Waals surface area contributed by atoms with Crippen LogP contribution in [0.5, 0.6) is 11.5 Å². The lowest BCUT2D eigenvalue weighted by Crippen LogP contribution is -2.14. The minimum absolute atomic E-state index is 0.0892. The van der Waals surface area contributed by atoms with Crippen LogP contribution in [-0.4, -0.2) is 23.1 Å². The lowest BCUT2D eigenvalue weighted by atomic mass is 10.1. The molecule has 2 aromatic rings. The Morgan fingerprint density at radius 3 is 2.89 bits per heavy atom. The molecule has 4 N–H and O–H groups in total. The zero-order valence-corrected chi connectivity index (χ0v) is 10.3. The molecule has 1 heterocycles. The van der Waals surface area contributed by atoms with E-state index in [4.69, 9.17) is 10.5 Å². The third kappa shape index (κ3) is 2.74. The minimum Gasteiger partial charge on any atom is -0.504 e. The first-order valence-electron chi connectivity index (χ1n) is 5.50. The van der Waals surface area contributed by atoms with Crippen LogP contribution in [0.3, 0.4) is 0 Å². The Bertz CT molecular complexity index is 614. The summed E-state index contributed by atoms with van der Waals surface area (Å²) in [6, 6.07) is 7.68. The van der Waals surface area contributed by atoms with E-state index in [1.807, 2.05) is 0 Å². The van der Waals surface area contributed by atoms with Crippen LogP contribution in [0.15, 0.2) is 36.5 Å². The first kappa shape index (κ1) is 12.7. The topological polar surface area (TPSA) is 97.5 Å². The quantitative estimate of drug-likeness (QED) is 0.728. The number of nitrogens with one attached hydrogen (secondary N) is 1. The molecule has 19 heavy (non-hydrogen) atoms. The Morgan fingerprint density at radius 2 is 2.21 bits per heavy atom. The maximum atomic E-state index is 12.1. The van der Waals surface area contributed by atoms with Crippen molar-refractivity contribution in [3.05, 3.63) is 42.1 Å². The molecule has 0 unspecified atom stereocenters. The highest BCUT2D eigenvalue weighted by atomic mass is 16.5. The smallest absolute Gasteiger partial charge is 0.260 e. The predicted molar refractivity (Wildman–Crippen MR) is 71.3 cm³/mol. The zero-order valence-electron chi connectivity index (χ0n) is 10.3. The van der Waals surface area contributed by atoms with Crippen molar-refractivity contribution in [2.24, 2.45) is 0 Å². The fourth-order valence-corrected chi connectivity index (χ4v) is 1.56. The molecule has 0 aliphatic rings. The van der Waals surface area contributed by atoms with Gasteiger partial charge in [0.05, 0.1) is 12.7 Å². The summed E-state index contributed by atoms with van der Waals surface area (Å²) in [4.78, 5) is 15.9. The van der Waals surface area contributed by atoms with Crippen LogP contribution in [0.2, 0.25) is 0 Å². The maximum absolute atomic E-state index is 12.1. The molecule has 1 aromatic carbocycles. The summed E-state index contributed by atoms with van der Waals surface area (Å²) >= 11 is 0. The number of nitrogen functional groups attached to an aromatic ring is 1. The molecule has 0 saturated heterocycles. The van der Waals surface area contributed by atoms with Crippen molar-refractivity contribution in [1.82, 2.24) is 4.98 Å². The fourth-order valence-electron chi connectivity index (χ4n) is 1.56. The van der Waals surface area contributed by atoms with E-state index >= 15 is 0 Å². The number of nitrogens with two attached hydrogens (primary N) is 1. The summed E-state index contributed by atoms with van der Waals surface area (Å²) in [5, 5.41) is 12.0. The Kier molecular flexibility index (Phi) is 3.51. The molecular formula is C13H13N3O3. The highest BCUT2D eigenvalue weighted by Gasteiger charge is 2.14. The van der Waals surface area contributed by atoms with E-state index in [-0.39, 0.29) is 11.6 Å². The van der Waals surface area contributed by atoms with Crippen molar-refractivity contribution in [2.75, 3.05) is 18.2 Å². The molecule has 0 saturated carbocycles. The highest BCUT2D eigenvalue weighted by molar-refractivity contribution is 6.06. The third-order valence-electron chi connectivity index (χ3n) is 2.49. The standard InChI is InChI=1S/C13H13N3O3/c1-19-11-7-8(14)4-5-9(11)13(18)16-12-10(17)3-2-6-15-12/h2-7,17H,14H2,1H3,(H,15,16,18). The van der Waals surface area contributed by atoms with Crippen LogP contribution in [-0.2, 0) is 0 Å². The van der Waals surface area contributed by atoms with Crippen LogP contribution in [0.1, 0.15) is 10.4 Å². The number of nitrogens with zero attached hydrogens (tertiary/aromatic N) is 1. The van der Waals surface area contributed by atoms with Crippen molar-refractivity contribution in [2.45, 2.75) is 0 Å². The summed E-state index contributed by atoms with van der Waals surface area (Å²) in [7, 11) is 1.45. The Morgan fingerprint density at radius 1 is 1.42 bits per heavy atom. The largest absolute Gasteiger partial charge is 0.504 e. The normalized spacial score (nSPS) is 9.95. The number of carbonyl (C=O) groups excluding carboxylic acids is 1. The third-order valence-corrected chi connectivity index (χ3v) is 2.49. The van der Waals surface area contributed by atoms with Gasteiger partial charge in [0.2, 0.25) is 0 Å². The monoisotopic (exact) mass is 259 g/mol. The molecular weight excluding hydrogens is 246 g/mol. The maximum Gasteiger partial charge on any atom is 0.260 e. The van der Waals surface area contributed by atoms with Crippen LogP contribution >= 0.6 is 0 Å². The number of aromatic nitrogens is 1. The first-order chi connectivity index (χ1) is 9.11. The van der Waals surface area contributed by atoms with E-state index in [2.05, 4.69) is 10.3 Å². The Hall–Kier alpha value is -2.76. The number of hydrogen-bond acceptors (Lipinski definition) is 5. The number of benzene rings is 1. The number of methoxy groups -OCH3 is 1. The average molecular weight is 259 g/mol. The lowest BCUT2D eigenvalue weighted by molar-refractivity contribution is 0.102. The van der Waals surface area contributed by atoms with Crippen LogP contribution in [0, 0.1) is 0 Å². The minimum atomic E-state index is -0.439. The number of hydrogen-bond donors (Lipinski definition) is 3. The molecule has 98 valence electrons. The summed E-state index contributed by atoms with van der Waals surface area (Å²) in [6.45, 7) is 0.